The molecule has 1 aliphatic rings. The molecule has 32 heavy (non-hydrogen) atoms. The van der Waals surface area contributed by atoms with Crippen molar-refractivity contribution in [2.75, 3.05) is 16.0 Å². The SMILES string of the molecule is NC(=O)c1cccc(NC(=O)C2Cc3ccccc3N2C(=O)OCc2ccccc2)c1N. The molecule has 8 nitrogen and oxygen atoms in total. The van der Waals surface area contributed by atoms with Gasteiger partial charge in [0.2, 0.25) is 5.91 Å². The Morgan fingerprint density at radius 3 is 2.44 bits per heavy atom. The van der Waals surface area contributed by atoms with Gasteiger partial charge in [-0.1, -0.05) is 54.6 Å². The van der Waals surface area contributed by atoms with Crippen LogP contribution in [0.5, 0.6) is 0 Å². The predicted octanol–water partition coefficient (Wildman–Crippen LogP) is 3.07. The molecule has 1 atom stereocenters. The van der Waals surface area contributed by atoms with Crippen LogP contribution in [-0.4, -0.2) is 23.9 Å². The second-order valence-electron chi connectivity index (χ2n) is 7.38. The third-order valence-electron chi connectivity index (χ3n) is 5.31. The van der Waals surface area contributed by atoms with Crippen molar-refractivity contribution >= 4 is 35.0 Å². The summed E-state index contributed by atoms with van der Waals surface area (Å²) in [6, 6.07) is 20.3. The zero-order valence-corrected chi connectivity index (χ0v) is 17.2. The van der Waals surface area contributed by atoms with E-state index in [-0.39, 0.29) is 23.5 Å². The van der Waals surface area contributed by atoms with Crippen molar-refractivity contribution in [1.29, 1.82) is 0 Å². The van der Waals surface area contributed by atoms with Gasteiger partial charge in [0.25, 0.3) is 5.91 Å². The molecule has 0 saturated carbocycles. The van der Waals surface area contributed by atoms with Crippen LogP contribution in [0.1, 0.15) is 21.5 Å². The Kier molecular flexibility index (Phi) is 5.76. The molecule has 1 heterocycles. The van der Waals surface area contributed by atoms with E-state index in [2.05, 4.69) is 5.32 Å². The Balaban J connectivity index is 1.57. The van der Waals surface area contributed by atoms with Crippen molar-refractivity contribution in [3.8, 4) is 0 Å². The summed E-state index contributed by atoms with van der Waals surface area (Å²) in [6.45, 7) is 0.0836. The standard InChI is InChI=1S/C24H22N4O4/c25-21-17(22(26)29)10-6-11-18(21)27-23(30)20-13-16-9-4-5-12-19(16)28(20)24(31)32-14-15-7-2-1-3-8-15/h1-12,20H,13-14,25H2,(H2,26,29)(H,27,30). The summed E-state index contributed by atoms with van der Waals surface area (Å²) in [5.74, 6) is -1.15. The normalized spacial score (nSPS) is 14.5. The molecule has 162 valence electrons. The Morgan fingerprint density at radius 2 is 1.69 bits per heavy atom. The van der Waals surface area contributed by atoms with Crippen molar-refractivity contribution in [3.05, 3.63) is 89.5 Å². The third-order valence-corrected chi connectivity index (χ3v) is 5.31. The number of hydrogen-bond acceptors (Lipinski definition) is 5. The van der Waals surface area contributed by atoms with Gasteiger partial charge < -0.3 is 21.5 Å². The van der Waals surface area contributed by atoms with Gasteiger partial charge in [0.1, 0.15) is 12.6 Å². The van der Waals surface area contributed by atoms with Crippen LogP contribution in [0.25, 0.3) is 0 Å². The van der Waals surface area contributed by atoms with Crippen LogP contribution in [0.2, 0.25) is 0 Å². The number of primary amides is 1. The maximum atomic E-state index is 13.2. The fraction of sp³-hybridized carbons (Fsp3) is 0.125. The number of nitrogens with one attached hydrogen (secondary N) is 1. The maximum absolute atomic E-state index is 13.2. The van der Waals surface area contributed by atoms with Gasteiger partial charge in [-0.3, -0.25) is 14.5 Å². The van der Waals surface area contributed by atoms with Gasteiger partial charge in [-0.2, -0.15) is 0 Å². The largest absolute Gasteiger partial charge is 0.444 e. The number of para-hydroxylation sites is 2. The highest BCUT2D eigenvalue weighted by molar-refractivity contribution is 6.08. The highest BCUT2D eigenvalue weighted by Crippen LogP contribution is 2.34. The first-order valence-electron chi connectivity index (χ1n) is 10.0. The molecule has 0 aliphatic carbocycles. The second-order valence-corrected chi connectivity index (χ2v) is 7.38. The first kappa shape index (κ1) is 20.9. The molecule has 4 rings (SSSR count). The molecule has 0 aromatic heterocycles. The van der Waals surface area contributed by atoms with Crippen LogP contribution >= 0.6 is 0 Å². The summed E-state index contributed by atoms with van der Waals surface area (Å²) in [7, 11) is 0. The van der Waals surface area contributed by atoms with Crippen LogP contribution in [0.15, 0.2) is 72.8 Å². The van der Waals surface area contributed by atoms with Crippen molar-refractivity contribution in [3.63, 3.8) is 0 Å². The lowest BCUT2D eigenvalue weighted by molar-refractivity contribution is -0.117. The topological polar surface area (TPSA) is 128 Å². The van der Waals surface area contributed by atoms with Gasteiger partial charge in [-0.25, -0.2) is 4.79 Å². The number of nitrogen functional groups attached to an aromatic ring is 1. The zero-order valence-electron chi connectivity index (χ0n) is 17.2. The van der Waals surface area contributed by atoms with Crippen molar-refractivity contribution in [2.24, 2.45) is 5.73 Å². The molecule has 8 heteroatoms. The van der Waals surface area contributed by atoms with Gasteiger partial charge in [0.15, 0.2) is 0 Å². The van der Waals surface area contributed by atoms with Gasteiger partial charge in [-0.05, 0) is 29.3 Å². The quantitative estimate of drug-likeness (QED) is 0.536. The number of carbonyl (C=O) groups is 3. The number of nitrogens with zero attached hydrogens (tertiary/aromatic N) is 1. The van der Waals surface area contributed by atoms with Gasteiger partial charge >= 0.3 is 6.09 Å². The van der Waals surface area contributed by atoms with E-state index in [4.69, 9.17) is 16.2 Å². The lowest BCUT2D eigenvalue weighted by atomic mass is 10.1. The number of anilines is 3. The van der Waals surface area contributed by atoms with E-state index in [1.54, 1.807) is 24.3 Å². The summed E-state index contributed by atoms with van der Waals surface area (Å²) < 4.78 is 5.49. The van der Waals surface area contributed by atoms with E-state index >= 15 is 0 Å². The van der Waals surface area contributed by atoms with Crippen LogP contribution in [0.4, 0.5) is 21.9 Å². The molecule has 0 fully saturated rings. The smallest absolute Gasteiger partial charge is 0.415 e. The number of amides is 3. The van der Waals surface area contributed by atoms with E-state index in [0.29, 0.717) is 12.1 Å². The summed E-state index contributed by atoms with van der Waals surface area (Å²) in [5, 5.41) is 2.72. The first-order valence-corrected chi connectivity index (χ1v) is 10.0. The molecular weight excluding hydrogens is 408 g/mol. The second kappa shape index (κ2) is 8.81. The van der Waals surface area contributed by atoms with Gasteiger partial charge in [0, 0.05) is 6.42 Å². The molecule has 0 bridgehead atoms. The molecule has 1 unspecified atom stereocenters. The Bertz CT molecular complexity index is 1180. The number of rotatable bonds is 5. The van der Waals surface area contributed by atoms with Crippen molar-refractivity contribution in [2.45, 2.75) is 19.1 Å². The summed E-state index contributed by atoms with van der Waals surface area (Å²) in [4.78, 5) is 39.1. The van der Waals surface area contributed by atoms with Gasteiger partial charge in [-0.15, -0.1) is 0 Å². The minimum Gasteiger partial charge on any atom is -0.444 e. The number of nitrogens with two attached hydrogens (primary N) is 2. The van der Waals surface area contributed by atoms with E-state index in [1.807, 2.05) is 42.5 Å². The first-order chi connectivity index (χ1) is 15.5. The molecule has 5 N–H and O–H groups in total. The van der Waals surface area contributed by atoms with Crippen molar-refractivity contribution in [1.82, 2.24) is 0 Å². The lowest BCUT2D eigenvalue weighted by Gasteiger charge is -2.24. The molecule has 3 aromatic carbocycles. The molecule has 0 saturated heterocycles. The molecule has 0 spiro atoms. The highest BCUT2D eigenvalue weighted by atomic mass is 16.6. The monoisotopic (exact) mass is 430 g/mol. The minimum atomic E-state index is -0.840. The highest BCUT2D eigenvalue weighted by Gasteiger charge is 2.39. The van der Waals surface area contributed by atoms with E-state index in [9.17, 15) is 14.4 Å². The van der Waals surface area contributed by atoms with Gasteiger partial charge in [0.05, 0.1) is 22.6 Å². The number of benzene rings is 3. The van der Waals surface area contributed by atoms with Crippen LogP contribution in [0, 0.1) is 0 Å². The zero-order chi connectivity index (χ0) is 22.7. The molecule has 3 amide bonds. The van der Waals surface area contributed by atoms with Crippen LogP contribution in [-0.2, 0) is 22.6 Å². The van der Waals surface area contributed by atoms with Crippen LogP contribution < -0.4 is 21.7 Å². The Hall–Kier alpha value is -4.33. The summed E-state index contributed by atoms with van der Waals surface area (Å²) in [6.07, 6.45) is -0.310. The number of carbonyl (C=O) groups excluding carboxylic acids is 3. The van der Waals surface area contributed by atoms with E-state index in [0.717, 1.165) is 11.1 Å². The molecular formula is C24H22N4O4. The van der Waals surface area contributed by atoms with Crippen LogP contribution in [0.3, 0.4) is 0 Å². The Labute approximate surface area is 184 Å². The predicted molar refractivity (Wildman–Crippen MR) is 121 cm³/mol. The number of ether oxygens (including phenoxy) is 1. The summed E-state index contributed by atoms with van der Waals surface area (Å²) in [5.41, 5.74) is 14.1. The lowest BCUT2D eigenvalue weighted by Crippen LogP contribution is -2.45. The number of fused-ring (bicyclic) bond motifs is 1. The van der Waals surface area contributed by atoms with E-state index in [1.165, 1.54) is 11.0 Å². The molecule has 0 radical (unpaired) electrons. The number of hydrogen-bond donors (Lipinski definition) is 3. The fourth-order valence-corrected chi connectivity index (χ4v) is 3.72. The molecule has 1 aliphatic heterocycles. The summed E-state index contributed by atoms with van der Waals surface area (Å²) >= 11 is 0. The van der Waals surface area contributed by atoms with E-state index < -0.39 is 23.9 Å². The molecule has 3 aromatic rings. The minimum absolute atomic E-state index is 0.0714. The average Bonchev–Trinajstić information content (AvgIpc) is 3.19. The Morgan fingerprint density at radius 1 is 0.969 bits per heavy atom. The average molecular weight is 430 g/mol. The maximum Gasteiger partial charge on any atom is 0.415 e. The van der Waals surface area contributed by atoms with Crippen molar-refractivity contribution < 1.29 is 19.1 Å². The fourth-order valence-electron chi connectivity index (χ4n) is 3.72. The third kappa shape index (κ3) is 4.11.